The summed E-state index contributed by atoms with van der Waals surface area (Å²) in [5.41, 5.74) is 0. The third kappa shape index (κ3) is 4.00. The van der Waals surface area contributed by atoms with Crippen LogP contribution in [0.5, 0.6) is 0 Å². The van der Waals surface area contributed by atoms with E-state index in [1.165, 1.54) is 0 Å². The minimum Gasteiger partial charge on any atom is -0.480 e. The molecule has 5 nitrogen and oxygen atoms in total. The van der Waals surface area contributed by atoms with Crippen molar-refractivity contribution in [1.82, 2.24) is 10.6 Å². The molecule has 1 heterocycles. The maximum atomic E-state index is 11.9. The number of piperidine rings is 1. The van der Waals surface area contributed by atoms with Crippen LogP contribution < -0.4 is 10.6 Å². The molecule has 1 saturated heterocycles. The average molecular weight is 242 g/mol. The summed E-state index contributed by atoms with van der Waals surface area (Å²) < 4.78 is 0. The number of carbonyl (C=O) groups excluding carboxylic acids is 1. The van der Waals surface area contributed by atoms with Crippen LogP contribution in [0, 0.1) is 11.8 Å². The molecule has 0 bridgehead atoms. The molecule has 0 saturated carbocycles. The Morgan fingerprint density at radius 2 is 2.00 bits per heavy atom. The van der Waals surface area contributed by atoms with Crippen LogP contribution in [0.15, 0.2) is 0 Å². The SMILES string of the molecule is CCC(C)C(NC(=O)C1CCNCC1)C(=O)O. The molecule has 0 aromatic carbocycles. The molecule has 17 heavy (non-hydrogen) atoms. The molecular formula is C12H22N2O3. The van der Waals surface area contributed by atoms with Gasteiger partial charge in [-0.15, -0.1) is 0 Å². The summed E-state index contributed by atoms with van der Waals surface area (Å²) in [7, 11) is 0. The lowest BCUT2D eigenvalue weighted by Crippen LogP contribution is -2.48. The number of rotatable bonds is 5. The third-order valence-electron chi connectivity index (χ3n) is 3.49. The average Bonchev–Trinajstić information content (AvgIpc) is 2.35. The summed E-state index contributed by atoms with van der Waals surface area (Å²) in [6.07, 6.45) is 2.32. The Morgan fingerprint density at radius 1 is 1.41 bits per heavy atom. The van der Waals surface area contributed by atoms with E-state index >= 15 is 0 Å². The number of nitrogens with one attached hydrogen (secondary N) is 2. The lowest BCUT2D eigenvalue weighted by atomic mass is 9.94. The van der Waals surface area contributed by atoms with E-state index in [-0.39, 0.29) is 17.7 Å². The van der Waals surface area contributed by atoms with Crippen LogP contribution in [-0.2, 0) is 9.59 Å². The van der Waals surface area contributed by atoms with Crippen molar-refractivity contribution in [2.24, 2.45) is 11.8 Å². The Kier molecular flexibility index (Phi) is 5.41. The molecule has 0 spiro atoms. The summed E-state index contributed by atoms with van der Waals surface area (Å²) in [5, 5.41) is 14.9. The summed E-state index contributed by atoms with van der Waals surface area (Å²) in [5.74, 6) is -1.14. The van der Waals surface area contributed by atoms with Crippen molar-refractivity contribution < 1.29 is 14.7 Å². The van der Waals surface area contributed by atoms with Crippen LogP contribution >= 0.6 is 0 Å². The zero-order valence-electron chi connectivity index (χ0n) is 10.5. The summed E-state index contributed by atoms with van der Waals surface area (Å²) in [6.45, 7) is 5.44. The van der Waals surface area contributed by atoms with Gasteiger partial charge in [0.15, 0.2) is 0 Å². The third-order valence-corrected chi connectivity index (χ3v) is 3.49. The quantitative estimate of drug-likeness (QED) is 0.659. The second-order valence-electron chi connectivity index (χ2n) is 4.73. The number of carboxylic acid groups (broad SMARTS) is 1. The second kappa shape index (κ2) is 6.59. The Morgan fingerprint density at radius 3 is 2.47 bits per heavy atom. The van der Waals surface area contributed by atoms with Crippen molar-refractivity contribution in [3.63, 3.8) is 0 Å². The number of amides is 1. The van der Waals surface area contributed by atoms with Gasteiger partial charge in [0.05, 0.1) is 0 Å². The molecule has 0 radical (unpaired) electrons. The monoisotopic (exact) mass is 242 g/mol. The number of aliphatic carboxylic acids is 1. The first-order chi connectivity index (χ1) is 8.06. The fourth-order valence-corrected chi connectivity index (χ4v) is 2.04. The number of carboxylic acids is 1. The Balaban J connectivity index is 2.53. The van der Waals surface area contributed by atoms with E-state index in [1.54, 1.807) is 0 Å². The first-order valence-electron chi connectivity index (χ1n) is 6.30. The van der Waals surface area contributed by atoms with Crippen LogP contribution in [0.4, 0.5) is 0 Å². The topological polar surface area (TPSA) is 78.4 Å². The summed E-state index contributed by atoms with van der Waals surface area (Å²) >= 11 is 0. The molecule has 1 rings (SSSR count). The van der Waals surface area contributed by atoms with E-state index in [1.807, 2.05) is 13.8 Å². The van der Waals surface area contributed by atoms with Crippen LogP contribution in [0.25, 0.3) is 0 Å². The van der Waals surface area contributed by atoms with E-state index in [0.717, 1.165) is 32.4 Å². The Labute approximate surface area is 102 Å². The van der Waals surface area contributed by atoms with Crippen LogP contribution in [0.1, 0.15) is 33.1 Å². The molecule has 5 heteroatoms. The molecule has 0 aliphatic carbocycles. The molecule has 0 aromatic heterocycles. The van der Waals surface area contributed by atoms with Gasteiger partial charge < -0.3 is 15.7 Å². The highest BCUT2D eigenvalue weighted by Gasteiger charge is 2.29. The van der Waals surface area contributed by atoms with Crippen molar-refractivity contribution in [2.75, 3.05) is 13.1 Å². The maximum Gasteiger partial charge on any atom is 0.326 e. The Bertz CT molecular complexity index is 275. The second-order valence-corrected chi connectivity index (χ2v) is 4.73. The highest BCUT2D eigenvalue weighted by molar-refractivity contribution is 5.85. The van der Waals surface area contributed by atoms with E-state index in [4.69, 9.17) is 5.11 Å². The molecule has 98 valence electrons. The first kappa shape index (κ1) is 14.0. The van der Waals surface area contributed by atoms with E-state index in [2.05, 4.69) is 10.6 Å². The highest BCUT2D eigenvalue weighted by atomic mass is 16.4. The summed E-state index contributed by atoms with van der Waals surface area (Å²) in [4.78, 5) is 23.0. The molecule has 0 aromatic rings. The zero-order valence-corrected chi connectivity index (χ0v) is 10.5. The van der Waals surface area contributed by atoms with Crippen molar-refractivity contribution in [2.45, 2.75) is 39.2 Å². The molecule has 1 amide bonds. The van der Waals surface area contributed by atoms with Gasteiger partial charge in [-0.2, -0.15) is 0 Å². The lowest BCUT2D eigenvalue weighted by Gasteiger charge is -2.26. The van der Waals surface area contributed by atoms with Gasteiger partial charge in [0.2, 0.25) is 5.91 Å². The first-order valence-corrected chi connectivity index (χ1v) is 6.30. The normalized spacial score (nSPS) is 20.6. The highest BCUT2D eigenvalue weighted by Crippen LogP contribution is 2.14. The molecule has 1 aliphatic rings. The molecule has 2 unspecified atom stereocenters. The number of carbonyl (C=O) groups is 2. The molecular weight excluding hydrogens is 220 g/mol. The molecule has 3 N–H and O–H groups in total. The van der Waals surface area contributed by atoms with Crippen molar-refractivity contribution in [1.29, 1.82) is 0 Å². The summed E-state index contributed by atoms with van der Waals surface area (Å²) in [6, 6.07) is -0.762. The zero-order chi connectivity index (χ0) is 12.8. The van der Waals surface area contributed by atoms with Crippen LogP contribution in [-0.4, -0.2) is 36.1 Å². The lowest BCUT2D eigenvalue weighted by molar-refractivity contribution is -0.144. The fraction of sp³-hybridized carbons (Fsp3) is 0.833. The number of hydrogen-bond acceptors (Lipinski definition) is 3. The van der Waals surface area contributed by atoms with Gasteiger partial charge in [0, 0.05) is 5.92 Å². The van der Waals surface area contributed by atoms with Crippen molar-refractivity contribution in [3.05, 3.63) is 0 Å². The van der Waals surface area contributed by atoms with Gasteiger partial charge in [-0.3, -0.25) is 4.79 Å². The van der Waals surface area contributed by atoms with Crippen molar-refractivity contribution in [3.8, 4) is 0 Å². The predicted octanol–water partition coefficient (Wildman–Crippen LogP) is 0.601. The largest absolute Gasteiger partial charge is 0.480 e. The maximum absolute atomic E-state index is 11.9. The molecule has 2 atom stereocenters. The molecule has 1 fully saturated rings. The van der Waals surface area contributed by atoms with E-state index in [9.17, 15) is 9.59 Å². The van der Waals surface area contributed by atoms with E-state index in [0.29, 0.717) is 0 Å². The van der Waals surface area contributed by atoms with Gasteiger partial charge >= 0.3 is 5.97 Å². The smallest absolute Gasteiger partial charge is 0.326 e. The van der Waals surface area contributed by atoms with Gasteiger partial charge in [0.1, 0.15) is 6.04 Å². The number of hydrogen-bond donors (Lipinski definition) is 3. The van der Waals surface area contributed by atoms with Gasteiger partial charge in [0.25, 0.3) is 0 Å². The van der Waals surface area contributed by atoms with Gasteiger partial charge in [-0.1, -0.05) is 20.3 Å². The predicted molar refractivity (Wildman–Crippen MR) is 64.6 cm³/mol. The van der Waals surface area contributed by atoms with Crippen LogP contribution in [0.3, 0.4) is 0 Å². The van der Waals surface area contributed by atoms with E-state index < -0.39 is 12.0 Å². The van der Waals surface area contributed by atoms with Gasteiger partial charge in [-0.05, 0) is 31.8 Å². The molecule has 1 aliphatic heterocycles. The standard InChI is InChI=1S/C12H22N2O3/c1-3-8(2)10(12(16)17)14-11(15)9-4-6-13-7-5-9/h8-10,13H,3-7H2,1-2H3,(H,14,15)(H,16,17). The van der Waals surface area contributed by atoms with Crippen LogP contribution in [0.2, 0.25) is 0 Å². The minimum atomic E-state index is -0.943. The fourth-order valence-electron chi connectivity index (χ4n) is 2.04. The van der Waals surface area contributed by atoms with Crippen molar-refractivity contribution >= 4 is 11.9 Å². The van der Waals surface area contributed by atoms with Gasteiger partial charge in [-0.25, -0.2) is 4.79 Å². The Hall–Kier alpha value is -1.10. The minimum absolute atomic E-state index is 0.0397.